The van der Waals surface area contributed by atoms with Crippen molar-refractivity contribution in [1.82, 2.24) is 10.3 Å². The van der Waals surface area contributed by atoms with Gasteiger partial charge >= 0.3 is 0 Å². The fraction of sp³-hybridized carbons (Fsp3) is 0.393. The van der Waals surface area contributed by atoms with Crippen LogP contribution in [0.4, 0.5) is 13.9 Å². The van der Waals surface area contributed by atoms with E-state index in [0.29, 0.717) is 17.7 Å². The van der Waals surface area contributed by atoms with Crippen LogP contribution in [0.5, 0.6) is 0 Å². The number of halogens is 2. The maximum atomic E-state index is 13.4. The first-order chi connectivity index (χ1) is 17.9. The fourth-order valence-electron chi connectivity index (χ4n) is 4.50. The lowest BCUT2D eigenvalue weighted by Crippen LogP contribution is -2.42. The molecule has 4 rings (SSSR count). The van der Waals surface area contributed by atoms with Crippen LogP contribution < -0.4 is 10.6 Å². The molecule has 1 unspecified atom stereocenters. The molecule has 9 heteroatoms. The molecule has 196 valence electrons. The lowest BCUT2D eigenvalue weighted by molar-refractivity contribution is -0.125. The Hall–Kier alpha value is -3.17. The molecule has 1 heterocycles. The number of nitrogens with one attached hydrogen (secondary N) is 2. The Morgan fingerprint density at radius 3 is 2.59 bits per heavy atom. The molecule has 2 N–H and O–H groups in total. The lowest BCUT2D eigenvalue weighted by atomic mass is 9.90. The van der Waals surface area contributed by atoms with E-state index in [0.717, 1.165) is 40.8 Å². The lowest BCUT2D eigenvalue weighted by Gasteiger charge is -2.21. The summed E-state index contributed by atoms with van der Waals surface area (Å²) in [4.78, 5) is 30.1. The third-order valence-electron chi connectivity index (χ3n) is 6.41. The average molecular weight is 528 g/mol. The van der Waals surface area contributed by atoms with Crippen molar-refractivity contribution in [2.75, 3.05) is 11.9 Å². The number of rotatable bonds is 10. The van der Waals surface area contributed by atoms with E-state index >= 15 is 0 Å². The van der Waals surface area contributed by atoms with Crippen LogP contribution in [0.3, 0.4) is 0 Å². The predicted octanol–water partition coefficient (Wildman–Crippen LogP) is 5.87. The summed E-state index contributed by atoms with van der Waals surface area (Å²) in [6, 6.07) is 10.0. The number of hydrogen-bond donors (Lipinski definition) is 2. The maximum absolute atomic E-state index is 13.4. The summed E-state index contributed by atoms with van der Waals surface area (Å²) in [7, 11) is 0. The smallest absolute Gasteiger partial charge is 0.248 e. The second-order valence-corrected chi connectivity index (χ2v) is 10.5. The number of carbonyl (C=O) groups excluding carboxylic acids is 2. The molecule has 1 aromatic heterocycles. The van der Waals surface area contributed by atoms with Crippen LogP contribution in [0, 0.1) is 17.6 Å². The number of benzene rings is 2. The first-order valence-electron chi connectivity index (χ1n) is 12.5. The van der Waals surface area contributed by atoms with Gasteiger partial charge in [-0.1, -0.05) is 54.9 Å². The Morgan fingerprint density at radius 2 is 1.84 bits per heavy atom. The Balaban J connectivity index is 1.30. The Morgan fingerprint density at radius 1 is 1.11 bits per heavy atom. The zero-order chi connectivity index (χ0) is 26.2. The second-order valence-electron chi connectivity index (χ2n) is 9.44. The average Bonchev–Trinajstić information content (AvgIpc) is 3.32. The number of hydrogen-bond acceptors (Lipinski definition) is 5. The second kappa shape index (κ2) is 12.9. The fourth-order valence-corrected chi connectivity index (χ4v) is 5.38. The summed E-state index contributed by atoms with van der Waals surface area (Å²) in [5.41, 5.74) is 2.26. The molecule has 1 fully saturated rings. The molecule has 0 bridgehead atoms. The largest absolute Gasteiger partial charge is 0.376 e. The van der Waals surface area contributed by atoms with Crippen LogP contribution in [0.15, 0.2) is 48.7 Å². The molecule has 2 amide bonds. The third-order valence-corrected chi connectivity index (χ3v) is 7.36. The first kappa shape index (κ1) is 26.9. The molecule has 1 saturated carbocycles. The summed E-state index contributed by atoms with van der Waals surface area (Å²) < 4.78 is 32.8. The van der Waals surface area contributed by atoms with E-state index in [1.165, 1.54) is 50.4 Å². The molecule has 2 aromatic carbocycles. The molecule has 37 heavy (non-hydrogen) atoms. The van der Waals surface area contributed by atoms with Crippen LogP contribution in [0.1, 0.15) is 50.2 Å². The molecule has 3 aromatic rings. The van der Waals surface area contributed by atoms with Crippen LogP contribution in [0.25, 0.3) is 10.4 Å². The molecule has 6 nitrogen and oxygen atoms in total. The van der Waals surface area contributed by atoms with Gasteiger partial charge in [0, 0.05) is 18.9 Å². The van der Waals surface area contributed by atoms with Crippen LogP contribution in [-0.2, 0) is 27.4 Å². The number of amides is 2. The van der Waals surface area contributed by atoms with E-state index in [-0.39, 0.29) is 12.0 Å². The highest BCUT2D eigenvalue weighted by atomic mass is 32.1. The quantitative estimate of drug-likeness (QED) is 0.346. The highest BCUT2D eigenvalue weighted by Crippen LogP contribution is 2.32. The minimum absolute atomic E-state index is 0.188. The van der Waals surface area contributed by atoms with Gasteiger partial charge in [-0.25, -0.2) is 13.8 Å². The van der Waals surface area contributed by atoms with E-state index in [2.05, 4.69) is 15.6 Å². The Bertz CT molecular complexity index is 1210. The number of ether oxygens (including phenoxy) is 1. The van der Waals surface area contributed by atoms with Crippen molar-refractivity contribution in [2.24, 2.45) is 5.92 Å². The van der Waals surface area contributed by atoms with Crippen molar-refractivity contribution in [3.63, 3.8) is 0 Å². The van der Waals surface area contributed by atoms with Crippen molar-refractivity contribution >= 4 is 28.3 Å². The van der Waals surface area contributed by atoms with Gasteiger partial charge in [0.15, 0.2) is 5.13 Å². The number of thiazole rings is 1. The molecule has 0 aliphatic heterocycles. The number of carbonyl (C=O) groups is 2. The molecule has 1 aliphatic carbocycles. The summed E-state index contributed by atoms with van der Waals surface area (Å²) in [6.45, 7) is 2.83. The van der Waals surface area contributed by atoms with Crippen molar-refractivity contribution in [1.29, 1.82) is 0 Å². The van der Waals surface area contributed by atoms with E-state index in [1.54, 1.807) is 6.20 Å². The van der Waals surface area contributed by atoms with Gasteiger partial charge in [-0.15, -0.1) is 0 Å². The maximum Gasteiger partial charge on any atom is 0.248 e. The molecule has 1 atom stereocenters. The topological polar surface area (TPSA) is 80.3 Å². The predicted molar refractivity (Wildman–Crippen MR) is 140 cm³/mol. The number of anilines is 1. The van der Waals surface area contributed by atoms with Crippen LogP contribution in [-0.4, -0.2) is 29.4 Å². The molecular weight excluding hydrogens is 496 g/mol. The van der Waals surface area contributed by atoms with Crippen molar-refractivity contribution in [3.05, 3.63) is 71.4 Å². The third kappa shape index (κ3) is 7.90. The van der Waals surface area contributed by atoms with Crippen molar-refractivity contribution in [2.45, 2.75) is 58.1 Å². The van der Waals surface area contributed by atoms with E-state index in [1.807, 2.05) is 24.3 Å². The summed E-state index contributed by atoms with van der Waals surface area (Å²) in [5.74, 6) is -1.84. The standard InChI is InChI=1S/C28H31F2N3O3S/c1-18(32-26(34)13-20-11-22(29)14-23(30)12-20)27(35)33-28-31-15-25(37-28)24-10-6-5-9-21(24)17-36-16-19-7-3-2-4-8-19/h5-6,9-12,14-15,18-19H,2-4,7-8,13,16-17H2,1H3,(H,32,34)(H,31,33,35). The van der Waals surface area contributed by atoms with Gasteiger partial charge in [-0.05, 0) is 54.5 Å². The van der Waals surface area contributed by atoms with Gasteiger partial charge in [0.05, 0.1) is 17.9 Å². The molecular formula is C28H31F2N3O3S. The van der Waals surface area contributed by atoms with E-state index in [9.17, 15) is 18.4 Å². The molecule has 0 saturated heterocycles. The summed E-state index contributed by atoms with van der Waals surface area (Å²) in [5, 5.41) is 5.69. The molecule has 0 spiro atoms. The van der Waals surface area contributed by atoms with Gasteiger partial charge in [0.2, 0.25) is 11.8 Å². The minimum atomic E-state index is -0.862. The Labute approximate surface area is 219 Å². The summed E-state index contributed by atoms with van der Waals surface area (Å²) in [6.07, 6.45) is 7.84. The zero-order valence-corrected chi connectivity index (χ0v) is 21.6. The summed E-state index contributed by atoms with van der Waals surface area (Å²) >= 11 is 1.34. The zero-order valence-electron chi connectivity index (χ0n) is 20.8. The highest BCUT2D eigenvalue weighted by molar-refractivity contribution is 7.19. The highest BCUT2D eigenvalue weighted by Gasteiger charge is 2.19. The van der Waals surface area contributed by atoms with E-state index < -0.39 is 29.5 Å². The molecule has 0 radical (unpaired) electrons. The van der Waals surface area contributed by atoms with E-state index in [4.69, 9.17) is 4.74 Å². The SMILES string of the molecule is CC(NC(=O)Cc1cc(F)cc(F)c1)C(=O)Nc1ncc(-c2ccccc2COCC2CCCCC2)s1. The van der Waals surface area contributed by atoms with Gasteiger partial charge in [-0.2, -0.15) is 0 Å². The van der Waals surface area contributed by atoms with Gasteiger partial charge < -0.3 is 15.4 Å². The van der Waals surface area contributed by atoms with Crippen molar-refractivity contribution < 1.29 is 23.1 Å². The van der Waals surface area contributed by atoms with Crippen molar-refractivity contribution in [3.8, 4) is 10.4 Å². The number of nitrogens with zero attached hydrogens (tertiary/aromatic N) is 1. The van der Waals surface area contributed by atoms with Crippen LogP contribution >= 0.6 is 11.3 Å². The van der Waals surface area contributed by atoms with Gasteiger partial charge in [-0.3, -0.25) is 9.59 Å². The first-order valence-corrected chi connectivity index (χ1v) is 13.4. The van der Waals surface area contributed by atoms with Crippen LogP contribution in [0.2, 0.25) is 0 Å². The Kier molecular flexibility index (Phi) is 9.35. The normalized spacial score (nSPS) is 14.8. The number of aromatic nitrogens is 1. The van der Waals surface area contributed by atoms with Gasteiger partial charge in [0.25, 0.3) is 0 Å². The van der Waals surface area contributed by atoms with Gasteiger partial charge in [0.1, 0.15) is 17.7 Å². The monoisotopic (exact) mass is 527 g/mol. The molecule has 1 aliphatic rings. The minimum Gasteiger partial charge on any atom is -0.376 e.